The van der Waals surface area contributed by atoms with Crippen molar-refractivity contribution in [3.63, 3.8) is 0 Å². The highest BCUT2D eigenvalue weighted by Gasteiger charge is 2.37. The third-order valence-electron chi connectivity index (χ3n) is 0.835. The highest BCUT2D eigenvalue weighted by molar-refractivity contribution is 8.93. The smallest absolute Gasteiger partial charge is 0.0895 e. The molecule has 0 spiro atoms. The molecule has 1 rings (SSSR count). The Bertz CT molecular complexity index is 71.4. The predicted molar refractivity (Wildman–Crippen MR) is 55.0 cm³/mol. The summed E-state index contributed by atoms with van der Waals surface area (Å²) in [5.74, 6) is 1.33. The van der Waals surface area contributed by atoms with Crippen LogP contribution >= 0.6 is 32.4 Å². The third kappa shape index (κ3) is 4.76. The van der Waals surface area contributed by atoms with E-state index in [2.05, 4.69) is 28.5 Å². The quantitative estimate of drug-likeness (QED) is 0.289. The summed E-state index contributed by atoms with van der Waals surface area (Å²) in [6.45, 7) is 2.24. The Morgan fingerprint density at radius 3 is 2.89 bits per heavy atom. The molecule has 0 amide bonds. The van der Waals surface area contributed by atoms with Gasteiger partial charge in [0.1, 0.15) is 10.8 Å². The molecule has 0 aromatic rings. The lowest BCUT2D eigenvalue weighted by molar-refractivity contribution is 1.11. The zero-order valence-electron chi connectivity index (χ0n) is 5.46. The van der Waals surface area contributed by atoms with Crippen molar-refractivity contribution in [2.45, 2.75) is 13.3 Å². The summed E-state index contributed by atoms with van der Waals surface area (Å²) in [6, 6.07) is 0. The maximum atomic E-state index is 2.24. The van der Waals surface area contributed by atoms with Gasteiger partial charge in [0.05, 0.1) is 9.93 Å². The Morgan fingerprint density at radius 1 is 1.56 bits per heavy atom. The van der Waals surface area contributed by atoms with Gasteiger partial charge in [-0.15, -0.1) is 0 Å². The van der Waals surface area contributed by atoms with E-state index in [1.54, 1.807) is 0 Å². The van der Waals surface area contributed by atoms with Crippen LogP contribution in [0.2, 0.25) is 0 Å². The first-order chi connectivity index (χ1) is 4.43. The molecule has 4 heteroatoms. The summed E-state index contributed by atoms with van der Waals surface area (Å²) in [7, 11) is 7.00. The lowest BCUT2D eigenvalue weighted by Crippen LogP contribution is -1.77. The van der Waals surface area contributed by atoms with Crippen LogP contribution in [0.5, 0.6) is 0 Å². The molecule has 0 aliphatic carbocycles. The van der Waals surface area contributed by atoms with E-state index in [1.165, 1.54) is 22.3 Å². The molecule has 0 aromatic carbocycles. The largest absolute Gasteiger partial charge is 0.214 e. The highest BCUT2D eigenvalue weighted by Crippen LogP contribution is 2.41. The van der Waals surface area contributed by atoms with Crippen molar-refractivity contribution in [1.29, 1.82) is 0 Å². The monoisotopic (exact) mass is 199 g/mol. The second-order valence-corrected chi connectivity index (χ2v) is 9.15. The van der Waals surface area contributed by atoms with Crippen LogP contribution in [0.4, 0.5) is 0 Å². The molecule has 0 bridgehead atoms. The van der Waals surface area contributed by atoms with Crippen molar-refractivity contribution < 1.29 is 0 Å². The van der Waals surface area contributed by atoms with E-state index in [1.807, 2.05) is 10.8 Å². The molecule has 1 aliphatic rings. The average Bonchev–Trinajstić information content (AvgIpc) is 2.63. The van der Waals surface area contributed by atoms with Gasteiger partial charge in [-0.2, -0.15) is 0 Å². The van der Waals surface area contributed by atoms with Crippen molar-refractivity contribution >= 4 is 42.3 Å². The van der Waals surface area contributed by atoms with Crippen molar-refractivity contribution in [2.75, 3.05) is 15.9 Å². The van der Waals surface area contributed by atoms with Gasteiger partial charge in [0, 0.05) is 5.75 Å². The van der Waals surface area contributed by atoms with E-state index in [-0.39, 0.29) is 0 Å². The molecule has 9 heavy (non-hydrogen) atoms. The Hall–Kier alpha value is 1.40. The lowest BCUT2D eigenvalue weighted by atomic mass is 10.6. The summed E-state index contributed by atoms with van der Waals surface area (Å²) in [4.78, 5) is 0. The number of rotatable bonds is 5. The molecule has 1 atom stereocenters. The molecule has 54 valence electrons. The zero-order valence-corrected chi connectivity index (χ0v) is 8.73. The summed E-state index contributed by atoms with van der Waals surface area (Å²) in [5, 5.41) is 2.84. The first kappa shape index (κ1) is 8.50. The van der Waals surface area contributed by atoms with Crippen LogP contribution in [0.3, 0.4) is 0 Å². The Balaban J connectivity index is 1.71. The molecule has 0 radical (unpaired) electrons. The highest BCUT2D eigenvalue weighted by atomic mass is 33.2. The van der Waals surface area contributed by atoms with Crippen molar-refractivity contribution in [2.24, 2.45) is 0 Å². The van der Waals surface area contributed by atoms with E-state index < -0.39 is 0 Å². The van der Waals surface area contributed by atoms with Gasteiger partial charge >= 0.3 is 0 Å². The molecule has 1 saturated heterocycles. The summed E-state index contributed by atoms with van der Waals surface area (Å²) >= 11 is 0. The molecule has 0 N–H and O–H groups in total. The first-order valence-corrected chi connectivity index (χ1v) is 8.54. The molecule has 0 nitrogen and oxygen atoms in total. The Kier molecular flexibility index (Phi) is 4.82. The second kappa shape index (κ2) is 5.10. The molecule has 1 unspecified atom stereocenters. The van der Waals surface area contributed by atoms with Gasteiger partial charge in [-0.1, -0.05) is 17.7 Å². The van der Waals surface area contributed by atoms with E-state index in [4.69, 9.17) is 0 Å². The van der Waals surface area contributed by atoms with Crippen LogP contribution in [-0.2, 0) is 9.93 Å². The van der Waals surface area contributed by atoms with E-state index >= 15 is 0 Å². The van der Waals surface area contributed by atoms with E-state index in [0.717, 1.165) is 9.93 Å². The third-order valence-corrected chi connectivity index (χ3v) is 8.02. The minimum Gasteiger partial charge on any atom is -0.0895 e. The van der Waals surface area contributed by atoms with Gasteiger partial charge < -0.3 is 0 Å². The fourth-order valence-electron chi connectivity index (χ4n) is 0.332. The van der Waals surface area contributed by atoms with Crippen LogP contribution in [0, 0.1) is 0 Å². The topological polar surface area (TPSA) is 0 Å². The van der Waals surface area contributed by atoms with E-state index in [0.29, 0.717) is 0 Å². The first-order valence-electron chi connectivity index (χ1n) is 2.98. The fourth-order valence-corrected chi connectivity index (χ4v) is 7.46. The average molecular weight is 199 g/mol. The summed E-state index contributed by atoms with van der Waals surface area (Å²) < 4.78 is 0. The minimum atomic E-state index is 0.790. The maximum Gasteiger partial charge on any atom is 0.214 e. The van der Waals surface area contributed by atoms with Crippen molar-refractivity contribution in [3.05, 3.63) is 0 Å². The van der Waals surface area contributed by atoms with E-state index in [9.17, 15) is 0 Å². The molecule has 1 fully saturated rings. The number of hydrogen-bond acceptors (Lipinski definition) is 3. The van der Waals surface area contributed by atoms with Crippen LogP contribution < -0.4 is 0 Å². The van der Waals surface area contributed by atoms with Crippen LogP contribution in [-0.4, -0.2) is 15.9 Å². The standard InChI is InChI=1S/C5H11S4/c1-2-3-6-7-4-9-5-8-9/h2-5H2,1H3/q+1. The van der Waals surface area contributed by atoms with Crippen molar-refractivity contribution in [3.8, 4) is 0 Å². The van der Waals surface area contributed by atoms with Gasteiger partial charge in [-0.05, 0) is 17.2 Å². The maximum absolute atomic E-state index is 2.24. The molecule has 1 aliphatic heterocycles. The SMILES string of the molecule is CCCSSC[S+]1CS1. The van der Waals surface area contributed by atoms with Gasteiger partial charge in [-0.3, -0.25) is 0 Å². The molecular formula is C5H11S4+. The van der Waals surface area contributed by atoms with Crippen LogP contribution in [0.15, 0.2) is 0 Å². The predicted octanol–water partition coefficient (Wildman–Crippen LogP) is 2.97. The van der Waals surface area contributed by atoms with Crippen LogP contribution in [0.1, 0.15) is 13.3 Å². The summed E-state index contributed by atoms with van der Waals surface area (Å²) in [5.41, 5.74) is 0. The normalized spacial score (nSPS) is 24.3. The van der Waals surface area contributed by atoms with Gasteiger partial charge in [-0.25, -0.2) is 0 Å². The molecule has 1 heterocycles. The van der Waals surface area contributed by atoms with Crippen LogP contribution in [0.25, 0.3) is 0 Å². The Morgan fingerprint density at radius 2 is 2.33 bits per heavy atom. The number of hydrogen-bond donors (Lipinski definition) is 0. The molecular weight excluding hydrogens is 188 g/mol. The molecule has 0 saturated carbocycles. The summed E-state index contributed by atoms with van der Waals surface area (Å²) in [6.07, 6.45) is 1.32. The zero-order chi connectivity index (χ0) is 6.53. The van der Waals surface area contributed by atoms with Gasteiger partial charge in [0.15, 0.2) is 5.08 Å². The molecule has 0 aromatic heterocycles. The van der Waals surface area contributed by atoms with Gasteiger partial charge in [0.25, 0.3) is 0 Å². The van der Waals surface area contributed by atoms with Crippen molar-refractivity contribution in [1.82, 2.24) is 0 Å². The fraction of sp³-hybridized carbons (Fsp3) is 1.00. The second-order valence-electron chi connectivity index (χ2n) is 1.73. The lowest BCUT2D eigenvalue weighted by Gasteiger charge is -1.89. The Labute approximate surface area is 71.5 Å². The minimum absolute atomic E-state index is 0.790. The van der Waals surface area contributed by atoms with Gasteiger partial charge in [0.2, 0.25) is 5.08 Å².